The molecular weight excluding hydrogens is 143 g/mol. The summed E-state index contributed by atoms with van der Waals surface area (Å²) in [7, 11) is 0. The van der Waals surface area contributed by atoms with Gasteiger partial charge in [-0.15, -0.1) is 0 Å². The molecule has 0 amide bonds. The van der Waals surface area contributed by atoms with Crippen molar-refractivity contribution in [3.05, 3.63) is 0 Å². The summed E-state index contributed by atoms with van der Waals surface area (Å²) in [5.41, 5.74) is 0. The van der Waals surface area contributed by atoms with E-state index in [1.807, 2.05) is 0 Å². The minimum absolute atomic E-state index is 0. The monoisotopic (exact) mass is 146 g/mol. The molecule has 0 aliphatic carbocycles. The van der Waals surface area contributed by atoms with Gasteiger partial charge in [0.15, 0.2) is 0 Å². The molecule has 1 nitrogen and oxygen atoms in total. The molecule has 4 heavy (non-hydrogen) atoms. The summed E-state index contributed by atoms with van der Waals surface area (Å²) in [4.78, 5) is 8.68. The van der Waals surface area contributed by atoms with Crippen molar-refractivity contribution in [2.45, 2.75) is 6.92 Å². The molecule has 0 rings (SSSR count). The molecule has 0 spiro atoms. The van der Waals surface area contributed by atoms with Gasteiger partial charge in [-0.05, 0) is 0 Å². The summed E-state index contributed by atoms with van der Waals surface area (Å²) in [6.45, 7) is 1.32. The van der Waals surface area contributed by atoms with Gasteiger partial charge in [-0.1, -0.05) is 0 Å². The van der Waals surface area contributed by atoms with Gasteiger partial charge >= 0.3 is 0 Å². The van der Waals surface area contributed by atoms with Crippen molar-refractivity contribution in [3.8, 4) is 0 Å². The van der Waals surface area contributed by atoms with Gasteiger partial charge < -0.3 is 4.79 Å². The Balaban J connectivity index is 0. The van der Waals surface area contributed by atoms with Crippen LogP contribution >= 0.6 is 0 Å². The van der Waals surface area contributed by atoms with Crippen molar-refractivity contribution >= 4 is 6.29 Å². The zero-order valence-electron chi connectivity index (χ0n) is 2.24. The van der Waals surface area contributed by atoms with Crippen molar-refractivity contribution in [1.29, 1.82) is 0 Å². The summed E-state index contributed by atoms with van der Waals surface area (Å²) in [6.07, 6.45) is 1.50. The van der Waals surface area contributed by atoms with Crippen LogP contribution in [-0.2, 0) is 24.3 Å². The fourth-order valence-corrected chi connectivity index (χ4v) is 0. The Morgan fingerprint density at radius 3 is 1.75 bits per heavy atom. The number of hydrogen-bond acceptors (Lipinski definition) is 1. The molecule has 0 fully saturated rings. The SMILES string of the molecule is C[C-]=O.[Rh]. The second kappa shape index (κ2) is 10.4. The van der Waals surface area contributed by atoms with Crippen molar-refractivity contribution in [2.24, 2.45) is 0 Å². The van der Waals surface area contributed by atoms with Gasteiger partial charge in [-0.2, -0.15) is 6.92 Å². The molecule has 2 heteroatoms. The molecule has 27 valence electrons. The molecule has 0 saturated heterocycles. The number of rotatable bonds is 0. The molecule has 0 aliphatic heterocycles. The van der Waals surface area contributed by atoms with E-state index in [0.717, 1.165) is 0 Å². The molecule has 1 radical (unpaired) electrons. The van der Waals surface area contributed by atoms with Crippen LogP contribution in [0.2, 0.25) is 0 Å². The Kier molecular flexibility index (Phi) is 22.9. The van der Waals surface area contributed by atoms with Crippen LogP contribution in [0.15, 0.2) is 0 Å². The Bertz CT molecular complexity index is 13.5. The maximum absolute atomic E-state index is 8.68. The van der Waals surface area contributed by atoms with Crippen molar-refractivity contribution in [2.75, 3.05) is 0 Å². The van der Waals surface area contributed by atoms with Gasteiger partial charge in [-0.25, -0.2) is 0 Å². The van der Waals surface area contributed by atoms with Gasteiger partial charge in [0.2, 0.25) is 0 Å². The van der Waals surface area contributed by atoms with Crippen molar-refractivity contribution < 1.29 is 24.3 Å². The van der Waals surface area contributed by atoms with Gasteiger partial charge in [0.1, 0.15) is 0 Å². The Hall–Kier alpha value is 0.293. The predicted molar refractivity (Wildman–Crippen MR) is 11.4 cm³/mol. The topological polar surface area (TPSA) is 17.1 Å². The van der Waals surface area contributed by atoms with Crippen molar-refractivity contribution in [1.82, 2.24) is 0 Å². The number of carbonyl (C=O) groups excluding carboxylic acids is 1. The van der Waals surface area contributed by atoms with E-state index in [-0.39, 0.29) is 19.5 Å². The van der Waals surface area contributed by atoms with Gasteiger partial charge in [0, 0.05) is 19.5 Å². The quantitative estimate of drug-likeness (QED) is 0.350. The van der Waals surface area contributed by atoms with E-state index in [1.54, 1.807) is 0 Å². The summed E-state index contributed by atoms with van der Waals surface area (Å²) < 4.78 is 0. The van der Waals surface area contributed by atoms with E-state index < -0.39 is 0 Å². The summed E-state index contributed by atoms with van der Waals surface area (Å²) in [6, 6.07) is 0. The van der Waals surface area contributed by atoms with Crippen LogP contribution in [0.5, 0.6) is 0 Å². The standard InChI is InChI=1S/C2H3O.Rh/c1-2-3;/h1H3;/q-1;. The largest absolute Gasteiger partial charge is 0.542 e. The van der Waals surface area contributed by atoms with Crippen LogP contribution in [-0.4, -0.2) is 6.29 Å². The smallest absolute Gasteiger partial charge is 0 e. The molecular formula is C2H3ORh-. The maximum atomic E-state index is 8.68. The molecule has 0 atom stereocenters. The number of hydrogen-bond donors (Lipinski definition) is 0. The first-order chi connectivity index (χ1) is 1.41. The molecule has 0 heterocycles. The molecule has 0 N–H and O–H groups in total. The Morgan fingerprint density at radius 1 is 1.75 bits per heavy atom. The second-order valence-corrected chi connectivity index (χ2v) is 0.204. The molecule has 0 bridgehead atoms. The van der Waals surface area contributed by atoms with E-state index >= 15 is 0 Å². The summed E-state index contributed by atoms with van der Waals surface area (Å²) >= 11 is 0. The molecule has 0 aromatic heterocycles. The molecule has 0 saturated carbocycles. The van der Waals surface area contributed by atoms with E-state index in [4.69, 9.17) is 4.79 Å². The zero-order valence-corrected chi connectivity index (χ0v) is 3.88. The normalized spacial score (nSPS) is 3.25. The fraction of sp³-hybridized carbons (Fsp3) is 0.500. The van der Waals surface area contributed by atoms with Crippen LogP contribution < -0.4 is 0 Å². The average Bonchev–Trinajstić information content (AvgIpc) is 0.918. The van der Waals surface area contributed by atoms with Crippen LogP contribution in [0.3, 0.4) is 0 Å². The van der Waals surface area contributed by atoms with Crippen LogP contribution in [0.25, 0.3) is 0 Å². The average molecular weight is 146 g/mol. The van der Waals surface area contributed by atoms with Crippen LogP contribution in [0, 0.1) is 0 Å². The van der Waals surface area contributed by atoms with E-state index in [9.17, 15) is 0 Å². The third-order valence-corrected chi connectivity index (χ3v) is 0. The molecule has 0 unspecified atom stereocenters. The minimum atomic E-state index is 0. The van der Waals surface area contributed by atoms with Gasteiger partial charge in [-0.3, -0.25) is 6.29 Å². The van der Waals surface area contributed by atoms with E-state index in [0.29, 0.717) is 0 Å². The first kappa shape index (κ1) is 8.85. The van der Waals surface area contributed by atoms with Crippen LogP contribution in [0.1, 0.15) is 6.92 Å². The van der Waals surface area contributed by atoms with E-state index in [1.165, 1.54) is 13.2 Å². The summed E-state index contributed by atoms with van der Waals surface area (Å²) in [5.74, 6) is 0. The predicted octanol–water partition coefficient (Wildman–Crippen LogP) is 0.113. The molecule has 0 aromatic rings. The third-order valence-electron chi connectivity index (χ3n) is 0. The fourth-order valence-electron chi connectivity index (χ4n) is 0. The second-order valence-electron chi connectivity index (χ2n) is 0.204. The minimum Gasteiger partial charge on any atom is -0.542 e. The van der Waals surface area contributed by atoms with Crippen molar-refractivity contribution in [3.63, 3.8) is 0 Å². The third kappa shape index (κ3) is 44.6. The maximum Gasteiger partial charge on any atom is 0 e. The Labute approximate surface area is 38.1 Å². The molecule has 0 aliphatic rings. The first-order valence-corrected chi connectivity index (χ1v) is 0.704. The Morgan fingerprint density at radius 2 is 1.75 bits per heavy atom. The zero-order chi connectivity index (χ0) is 2.71. The van der Waals surface area contributed by atoms with E-state index in [2.05, 4.69) is 0 Å². The van der Waals surface area contributed by atoms with Gasteiger partial charge in [0.25, 0.3) is 0 Å². The van der Waals surface area contributed by atoms with Crippen LogP contribution in [0.4, 0.5) is 0 Å². The first-order valence-electron chi connectivity index (χ1n) is 0.704. The van der Waals surface area contributed by atoms with Gasteiger partial charge in [0.05, 0.1) is 0 Å². The summed E-state index contributed by atoms with van der Waals surface area (Å²) in [5, 5.41) is 0. The molecule has 0 aromatic carbocycles.